The average Bonchev–Trinajstić information content (AvgIpc) is 2.74. The fourth-order valence-electron chi connectivity index (χ4n) is 1.93. The number of amidine groups is 1. The summed E-state index contributed by atoms with van der Waals surface area (Å²) >= 11 is 3.43. The first-order chi connectivity index (χ1) is 8.31. The number of fused-ring (bicyclic) bond motifs is 1. The third-order valence-electron chi connectivity index (χ3n) is 2.79. The number of benzene rings is 1. The molecule has 3 rings (SSSR count). The van der Waals surface area contributed by atoms with Crippen molar-refractivity contribution in [3.63, 3.8) is 0 Å². The highest BCUT2D eigenvalue weighted by Gasteiger charge is 2.16. The number of nitrogens with zero attached hydrogens (tertiary/aromatic N) is 2. The quantitative estimate of drug-likeness (QED) is 0.792. The van der Waals surface area contributed by atoms with Crippen molar-refractivity contribution in [3.8, 4) is 0 Å². The molecule has 0 atom stereocenters. The molecule has 0 saturated heterocycles. The Kier molecular flexibility index (Phi) is 2.77. The SMILES string of the molecule is Brc1ccc(CC2=NC3=CC=CCC3=N2)cc1. The zero-order valence-electron chi connectivity index (χ0n) is 9.23. The van der Waals surface area contributed by atoms with Crippen LogP contribution in [0.1, 0.15) is 12.0 Å². The van der Waals surface area contributed by atoms with Gasteiger partial charge in [-0.15, -0.1) is 0 Å². The Morgan fingerprint density at radius 2 is 1.94 bits per heavy atom. The van der Waals surface area contributed by atoms with E-state index in [2.05, 4.69) is 44.1 Å². The van der Waals surface area contributed by atoms with E-state index < -0.39 is 0 Å². The summed E-state index contributed by atoms with van der Waals surface area (Å²) in [6, 6.07) is 8.29. The molecular weight excluding hydrogens is 276 g/mol. The van der Waals surface area contributed by atoms with E-state index in [1.807, 2.05) is 24.3 Å². The van der Waals surface area contributed by atoms with Crippen LogP contribution in [0.4, 0.5) is 0 Å². The topological polar surface area (TPSA) is 24.7 Å². The van der Waals surface area contributed by atoms with Crippen LogP contribution in [0.5, 0.6) is 0 Å². The van der Waals surface area contributed by atoms with Crippen LogP contribution in [0.15, 0.2) is 62.6 Å². The molecule has 0 unspecified atom stereocenters. The highest BCUT2D eigenvalue weighted by Crippen LogP contribution is 2.19. The normalized spacial score (nSPS) is 17.4. The maximum Gasteiger partial charge on any atom is 0.133 e. The van der Waals surface area contributed by atoms with Gasteiger partial charge in [0.25, 0.3) is 0 Å². The standard InChI is InChI=1S/C14H11BrN2/c15-11-7-5-10(6-8-11)9-14-16-12-3-1-2-4-13(12)17-14/h1-3,5-8H,4,9H2. The maximum absolute atomic E-state index is 4.56. The molecule has 1 aromatic rings. The summed E-state index contributed by atoms with van der Waals surface area (Å²) < 4.78 is 1.10. The minimum absolute atomic E-state index is 0.800. The Balaban J connectivity index is 1.80. The van der Waals surface area contributed by atoms with Crippen LogP contribution in [0, 0.1) is 0 Å². The highest BCUT2D eigenvalue weighted by atomic mass is 79.9. The number of hydrogen-bond donors (Lipinski definition) is 0. The van der Waals surface area contributed by atoms with Gasteiger partial charge in [-0.2, -0.15) is 0 Å². The van der Waals surface area contributed by atoms with E-state index in [9.17, 15) is 0 Å². The van der Waals surface area contributed by atoms with Gasteiger partial charge in [0.15, 0.2) is 0 Å². The lowest BCUT2D eigenvalue weighted by molar-refractivity contribution is 1.28. The van der Waals surface area contributed by atoms with Gasteiger partial charge in [0.05, 0.1) is 11.4 Å². The first-order valence-corrected chi connectivity index (χ1v) is 6.37. The van der Waals surface area contributed by atoms with Crippen molar-refractivity contribution in [3.05, 3.63) is 58.2 Å². The van der Waals surface area contributed by atoms with Crippen molar-refractivity contribution < 1.29 is 0 Å². The molecule has 0 radical (unpaired) electrons. The predicted octanol–water partition coefficient (Wildman–Crippen LogP) is 3.69. The van der Waals surface area contributed by atoms with E-state index >= 15 is 0 Å². The summed E-state index contributed by atoms with van der Waals surface area (Å²) in [5.74, 6) is 0.914. The summed E-state index contributed by atoms with van der Waals surface area (Å²) in [5.41, 5.74) is 3.36. The van der Waals surface area contributed by atoms with Crippen LogP contribution in [-0.4, -0.2) is 11.5 Å². The molecule has 1 aliphatic heterocycles. The van der Waals surface area contributed by atoms with E-state index in [0.717, 1.165) is 34.6 Å². The predicted molar refractivity (Wildman–Crippen MR) is 74.6 cm³/mol. The number of allylic oxidation sites excluding steroid dienone is 4. The van der Waals surface area contributed by atoms with Crippen molar-refractivity contribution in [2.45, 2.75) is 12.8 Å². The molecule has 0 amide bonds. The summed E-state index contributed by atoms with van der Waals surface area (Å²) in [6.07, 6.45) is 7.88. The Hall–Kier alpha value is -1.48. The second-order valence-corrected chi connectivity index (χ2v) is 4.99. The second kappa shape index (κ2) is 4.41. The molecule has 1 aliphatic carbocycles. The molecule has 3 heteroatoms. The van der Waals surface area contributed by atoms with Gasteiger partial charge in [-0.05, 0) is 23.8 Å². The molecule has 0 aromatic heterocycles. The van der Waals surface area contributed by atoms with Gasteiger partial charge >= 0.3 is 0 Å². The van der Waals surface area contributed by atoms with Crippen molar-refractivity contribution in [2.75, 3.05) is 0 Å². The van der Waals surface area contributed by atoms with E-state index in [-0.39, 0.29) is 0 Å². The summed E-state index contributed by atoms with van der Waals surface area (Å²) in [7, 11) is 0. The van der Waals surface area contributed by atoms with Crippen LogP contribution in [0.3, 0.4) is 0 Å². The maximum atomic E-state index is 4.56. The van der Waals surface area contributed by atoms with E-state index in [0.29, 0.717) is 0 Å². The summed E-state index contributed by atoms with van der Waals surface area (Å²) in [5, 5.41) is 0. The molecule has 0 spiro atoms. The van der Waals surface area contributed by atoms with Crippen LogP contribution in [0.2, 0.25) is 0 Å². The minimum Gasteiger partial charge on any atom is -0.235 e. The van der Waals surface area contributed by atoms with Crippen LogP contribution in [-0.2, 0) is 6.42 Å². The average molecular weight is 287 g/mol. The molecule has 1 heterocycles. The fourth-order valence-corrected chi connectivity index (χ4v) is 2.19. The van der Waals surface area contributed by atoms with Crippen molar-refractivity contribution >= 4 is 27.5 Å². The Morgan fingerprint density at radius 1 is 1.12 bits per heavy atom. The van der Waals surface area contributed by atoms with Crippen molar-refractivity contribution in [1.82, 2.24) is 0 Å². The molecule has 84 valence electrons. The van der Waals surface area contributed by atoms with Gasteiger partial charge in [-0.3, -0.25) is 0 Å². The summed E-state index contributed by atoms with van der Waals surface area (Å²) in [6.45, 7) is 0. The fraction of sp³-hybridized carbons (Fsp3) is 0.143. The lowest BCUT2D eigenvalue weighted by Gasteiger charge is -1.99. The number of rotatable bonds is 2. The minimum atomic E-state index is 0.800. The van der Waals surface area contributed by atoms with E-state index in [1.165, 1.54) is 5.56 Å². The Bertz CT molecular complexity index is 562. The van der Waals surface area contributed by atoms with Crippen LogP contribution < -0.4 is 0 Å². The first kappa shape index (κ1) is 10.7. The van der Waals surface area contributed by atoms with E-state index in [1.54, 1.807) is 0 Å². The van der Waals surface area contributed by atoms with Gasteiger partial charge in [-0.25, -0.2) is 9.98 Å². The number of halogens is 1. The zero-order chi connectivity index (χ0) is 11.7. The van der Waals surface area contributed by atoms with Crippen LogP contribution >= 0.6 is 15.9 Å². The molecule has 0 fully saturated rings. The van der Waals surface area contributed by atoms with Crippen molar-refractivity contribution in [2.24, 2.45) is 9.98 Å². The first-order valence-electron chi connectivity index (χ1n) is 5.58. The van der Waals surface area contributed by atoms with Crippen LogP contribution in [0.25, 0.3) is 0 Å². The van der Waals surface area contributed by atoms with Crippen molar-refractivity contribution in [1.29, 1.82) is 0 Å². The Labute approximate surface area is 109 Å². The molecule has 1 aromatic carbocycles. The highest BCUT2D eigenvalue weighted by molar-refractivity contribution is 9.10. The van der Waals surface area contributed by atoms with Gasteiger partial charge in [-0.1, -0.05) is 40.2 Å². The smallest absolute Gasteiger partial charge is 0.133 e. The lowest BCUT2D eigenvalue weighted by atomic mass is 10.1. The molecule has 2 nitrogen and oxygen atoms in total. The monoisotopic (exact) mass is 286 g/mol. The molecule has 0 N–H and O–H groups in total. The molecule has 17 heavy (non-hydrogen) atoms. The number of hydrogen-bond acceptors (Lipinski definition) is 2. The third kappa shape index (κ3) is 2.29. The largest absolute Gasteiger partial charge is 0.235 e. The second-order valence-electron chi connectivity index (χ2n) is 4.07. The molecular formula is C14H11BrN2. The molecule has 0 bridgehead atoms. The third-order valence-corrected chi connectivity index (χ3v) is 3.31. The summed E-state index contributed by atoms with van der Waals surface area (Å²) in [4.78, 5) is 9.10. The Morgan fingerprint density at radius 3 is 2.71 bits per heavy atom. The van der Waals surface area contributed by atoms with Gasteiger partial charge in [0, 0.05) is 17.3 Å². The van der Waals surface area contributed by atoms with Gasteiger partial charge < -0.3 is 0 Å². The number of aliphatic imine (C=N–C) groups is 2. The molecule has 2 aliphatic rings. The zero-order valence-corrected chi connectivity index (χ0v) is 10.8. The van der Waals surface area contributed by atoms with E-state index in [4.69, 9.17) is 0 Å². The lowest BCUT2D eigenvalue weighted by Crippen LogP contribution is -1.99. The molecule has 0 saturated carbocycles. The van der Waals surface area contributed by atoms with Gasteiger partial charge in [0.1, 0.15) is 5.84 Å². The van der Waals surface area contributed by atoms with Gasteiger partial charge in [0.2, 0.25) is 0 Å².